The average Bonchev–Trinajstić information content (AvgIpc) is 3.19. The van der Waals surface area contributed by atoms with Crippen LogP contribution in [-0.4, -0.2) is 48.9 Å². The number of piperidine rings is 1. The van der Waals surface area contributed by atoms with Crippen molar-refractivity contribution in [2.45, 2.75) is 44.7 Å². The van der Waals surface area contributed by atoms with Gasteiger partial charge >= 0.3 is 0 Å². The molecule has 3 heterocycles. The first-order valence-corrected chi connectivity index (χ1v) is 8.29. The number of methoxy groups -OCH3 is 1. The molecule has 2 aliphatic rings. The van der Waals surface area contributed by atoms with Crippen LogP contribution in [-0.2, 0) is 4.74 Å². The normalized spacial score (nSPS) is 28.0. The SMILES string of the molecule is COCC(C)n1ccnc1N1CCCC(C2CCCN2)C1. The quantitative estimate of drug-likeness (QED) is 0.902. The van der Waals surface area contributed by atoms with Crippen LogP contribution in [0.1, 0.15) is 38.6 Å². The summed E-state index contributed by atoms with van der Waals surface area (Å²) in [5, 5.41) is 3.68. The lowest BCUT2D eigenvalue weighted by Gasteiger charge is -2.37. The second-order valence-electron chi connectivity index (χ2n) is 6.49. The summed E-state index contributed by atoms with van der Waals surface area (Å²) in [5.41, 5.74) is 0. The Kier molecular flexibility index (Phi) is 4.80. The Bertz CT molecular complexity index is 441. The topological polar surface area (TPSA) is 42.3 Å². The zero-order chi connectivity index (χ0) is 14.7. The Hall–Kier alpha value is -1.07. The molecule has 2 saturated heterocycles. The van der Waals surface area contributed by atoms with Gasteiger partial charge in [0, 0.05) is 38.6 Å². The number of imidazole rings is 1. The molecular formula is C16H28N4O. The van der Waals surface area contributed by atoms with Crippen LogP contribution in [0, 0.1) is 5.92 Å². The molecule has 5 nitrogen and oxygen atoms in total. The minimum Gasteiger partial charge on any atom is -0.383 e. The van der Waals surface area contributed by atoms with E-state index in [2.05, 4.69) is 32.9 Å². The Balaban J connectivity index is 1.70. The first-order chi connectivity index (χ1) is 10.3. The highest BCUT2D eigenvalue weighted by Crippen LogP contribution is 2.28. The Morgan fingerprint density at radius 2 is 2.33 bits per heavy atom. The standard InChI is InChI=1S/C16H28N4O/c1-13(12-21-2)20-10-8-18-16(20)19-9-4-5-14(11-19)15-6-3-7-17-15/h8,10,13-15,17H,3-7,9,11-12H2,1-2H3. The van der Waals surface area contributed by atoms with Gasteiger partial charge in [-0.3, -0.25) is 0 Å². The third kappa shape index (κ3) is 3.24. The van der Waals surface area contributed by atoms with E-state index in [4.69, 9.17) is 4.74 Å². The van der Waals surface area contributed by atoms with Crippen LogP contribution in [0.2, 0.25) is 0 Å². The molecule has 0 spiro atoms. The zero-order valence-electron chi connectivity index (χ0n) is 13.3. The molecule has 1 N–H and O–H groups in total. The molecule has 0 aliphatic carbocycles. The second-order valence-corrected chi connectivity index (χ2v) is 6.49. The van der Waals surface area contributed by atoms with Gasteiger partial charge in [0.05, 0.1) is 12.6 Å². The summed E-state index contributed by atoms with van der Waals surface area (Å²) in [6.07, 6.45) is 9.29. The maximum Gasteiger partial charge on any atom is 0.205 e. The highest BCUT2D eigenvalue weighted by Gasteiger charge is 2.30. The van der Waals surface area contributed by atoms with E-state index in [1.807, 2.05) is 6.20 Å². The number of anilines is 1. The van der Waals surface area contributed by atoms with E-state index in [9.17, 15) is 0 Å². The van der Waals surface area contributed by atoms with E-state index >= 15 is 0 Å². The van der Waals surface area contributed by atoms with Crippen LogP contribution >= 0.6 is 0 Å². The molecule has 2 aliphatic heterocycles. The van der Waals surface area contributed by atoms with Gasteiger partial charge in [-0.1, -0.05) is 0 Å². The van der Waals surface area contributed by atoms with Crippen molar-refractivity contribution >= 4 is 5.95 Å². The zero-order valence-corrected chi connectivity index (χ0v) is 13.3. The summed E-state index contributed by atoms with van der Waals surface area (Å²) in [6.45, 7) is 6.37. The molecule has 0 amide bonds. The van der Waals surface area contributed by atoms with Gasteiger partial charge in [-0.05, 0) is 45.1 Å². The highest BCUT2D eigenvalue weighted by molar-refractivity contribution is 5.33. The number of nitrogens with one attached hydrogen (secondary N) is 1. The minimum atomic E-state index is 0.331. The van der Waals surface area contributed by atoms with E-state index in [0.29, 0.717) is 12.1 Å². The summed E-state index contributed by atoms with van der Waals surface area (Å²) < 4.78 is 7.55. The van der Waals surface area contributed by atoms with Gasteiger partial charge < -0.3 is 19.5 Å². The fraction of sp³-hybridized carbons (Fsp3) is 0.812. The molecular weight excluding hydrogens is 264 g/mol. The summed E-state index contributed by atoms with van der Waals surface area (Å²) in [5.74, 6) is 1.88. The summed E-state index contributed by atoms with van der Waals surface area (Å²) in [4.78, 5) is 7.09. The molecule has 3 atom stereocenters. The Labute approximate surface area is 127 Å². The minimum absolute atomic E-state index is 0.331. The molecule has 5 heteroatoms. The smallest absolute Gasteiger partial charge is 0.205 e. The first-order valence-electron chi connectivity index (χ1n) is 8.29. The van der Waals surface area contributed by atoms with Crippen molar-refractivity contribution < 1.29 is 4.74 Å². The van der Waals surface area contributed by atoms with Gasteiger partial charge in [0.15, 0.2) is 0 Å². The number of aromatic nitrogens is 2. The lowest BCUT2D eigenvalue weighted by molar-refractivity contribution is 0.162. The number of nitrogens with zero attached hydrogens (tertiary/aromatic N) is 3. The second kappa shape index (κ2) is 6.79. The lowest BCUT2D eigenvalue weighted by atomic mass is 9.90. The predicted octanol–water partition coefficient (Wildman–Crippen LogP) is 2.06. The molecule has 1 aromatic rings. The van der Waals surface area contributed by atoms with Gasteiger partial charge in [-0.2, -0.15) is 0 Å². The van der Waals surface area contributed by atoms with Gasteiger partial charge in [0.2, 0.25) is 5.95 Å². The number of rotatable bonds is 5. The molecule has 0 radical (unpaired) electrons. The molecule has 2 fully saturated rings. The van der Waals surface area contributed by atoms with Gasteiger partial charge in [-0.15, -0.1) is 0 Å². The van der Waals surface area contributed by atoms with E-state index in [1.54, 1.807) is 7.11 Å². The lowest BCUT2D eigenvalue weighted by Crippen LogP contribution is -2.44. The predicted molar refractivity (Wildman–Crippen MR) is 84.8 cm³/mol. The summed E-state index contributed by atoms with van der Waals surface area (Å²) in [6, 6.07) is 1.05. The van der Waals surface area contributed by atoms with Gasteiger partial charge in [0.1, 0.15) is 0 Å². The molecule has 0 bridgehead atoms. The van der Waals surface area contributed by atoms with Crippen LogP contribution < -0.4 is 10.2 Å². The highest BCUT2D eigenvalue weighted by atomic mass is 16.5. The van der Waals surface area contributed by atoms with Gasteiger partial charge in [0.25, 0.3) is 0 Å². The van der Waals surface area contributed by atoms with Crippen LogP contribution in [0.3, 0.4) is 0 Å². The third-order valence-electron chi connectivity index (χ3n) is 4.94. The Morgan fingerprint density at radius 1 is 1.43 bits per heavy atom. The van der Waals surface area contributed by atoms with Crippen molar-refractivity contribution in [3.63, 3.8) is 0 Å². The van der Waals surface area contributed by atoms with E-state index in [1.165, 1.54) is 32.2 Å². The molecule has 3 rings (SSSR count). The average molecular weight is 292 g/mol. The Morgan fingerprint density at radius 3 is 3.10 bits per heavy atom. The molecule has 118 valence electrons. The molecule has 1 aromatic heterocycles. The van der Waals surface area contributed by atoms with Crippen molar-refractivity contribution in [1.29, 1.82) is 0 Å². The number of hydrogen-bond acceptors (Lipinski definition) is 4. The summed E-state index contributed by atoms with van der Waals surface area (Å²) >= 11 is 0. The fourth-order valence-corrected chi connectivity index (χ4v) is 3.85. The largest absolute Gasteiger partial charge is 0.383 e. The summed E-state index contributed by atoms with van der Waals surface area (Å²) in [7, 11) is 1.76. The van der Waals surface area contributed by atoms with E-state index < -0.39 is 0 Å². The van der Waals surface area contributed by atoms with Crippen molar-refractivity contribution in [2.75, 3.05) is 38.3 Å². The van der Waals surface area contributed by atoms with Crippen molar-refractivity contribution in [3.8, 4) is 0 Å². The number of ether oxygens (including phenoxy) is 1. The molecule has 21 heavy (non-hydrogen) atoms. The van der Waals surface area contributed by atoms with Gasteiger partial charge in [-0.25, -0.2) is 4.98 Å². The van der Waals surface area contributed by atoms with Crippen LogP contribution in [0.4, 0.5) is 5.95 Å². The molecule has 0 saturated carbocycles. The van der Waals surface area contributed by atoms with Crippen LogP contribution in [0.5, 0.6) is 0 Å². The van der Waals surface area contributed by atoms with E-state index in [0.717, 1.165) is 31.6 Å². The fourth-order valence-electron chi connectivity index (χ4n) is 3.85. The van der Waals surface area contributed by atoms with Crippen molar-refractivity contribution in [2.24, 2.45) is 5.92 Å². The van der Waals surface area contributed by atoms with E-state index in [-0.39, 0.29) is 0 Å². The number of hydrogen-bond donors (Lipinski definition) is 1. The molecule has 3 unspecified atom stereocenters. The van der Waals surface area contributed by atoms with Crippen molar-refractivity contribution in [3.05, 3.63) is 12.4 Å². The first kappa shape index (κ1) is 14.9. The van der Waals surface area contributed by atoms with Crippen molar-refractivity contribution in [1.82, 2.24) is 14.9 Å². The monoisotopic (exact) mass is 292 g/mol. The maximum atomic E-state index is 5.30. The van der Waals surface area contributed by atoms with Crippen LogP contribution in [0.25, 0.3) is 0 Å². The third-order valence-corrected chi connectivity index (χ3v) is 4.94. The maximum absolute atomic E-state index is 5.30. The van der Waals surface area contributed by atoms with Crippen LogP contribution in [0.15, 0.2) is 12.4 Å². The molecule has 0 aromatic carbocycles.